The number of nitrogens with two attached hydrogens (primary N) is 1. The van der Waals surface area contributed by atoms with E-state index in [1.165, 1.54) is 19.3 Å². The molecule has 0 aromatic carbocycles. The van der Waals surface area contributed by atoms with E-state index in [4.69, 9.17) is 5.73 Å². The molecule has 2 aliphatic rings. The molecule has 1 saturated heterocycles. The van der Waals surface area contributed by atoms with E-state index in [0.717, 1.165) is 43.5 Å². The van der Waals surface area contributed by atoms with Crippen molar-refractivity contribution in [2.75, 3.05) is 25.4 Å². The van der Waals surface area contributed by atoms with Crippen LogP contribution in [-0.4, -0.2) is 50.7 Å². The second-order valence-electron chi connectivity index (χ2n) is 8.18. The molecular formula is C18H29F3N6O. The van der Waals surface area contributed by atoms with E-state index in [1.807, 2.05) is 0 Å². The molecule has 1 saturated carbocycles. The fourth-order valence-electron chi connectivity index (χ4n) is 4.32. The maximum absolute atomic E-state index is 12.7. The zero-order valence-corrected chi connectivity index (χ0v) is 16.3. The third kappa shape index (κ3) is 4.76. The van der Waals surface area contributed by atoms with Crippen molar-refractivity contribution in [3.05, 3.63) is 5.82 Å². The highest BCUT2D eigenvalue weighted by Gasteiger charge is 2.40. The average Bonchev–Trinajstić information content (AvgIpc) is 3.03. The number of alkyl halides is 3. The van der Waals surface area contributed by atoms with Gasteiger partial charge >= 0.3 is 6.18 Å². The molecule has 1 aliphatic carbocycles. The summed E-state index contributed by atoms with van der Waals surface area (Å²) in [5.74, 6) is -1.46. The van der Waals surface area contributed by atoms with E-state index in [-0.39, 0.29) is 12.1 Å². The average molecular weight is 402 g/mol. The SMILES string of the molecule is CC1CCC(CNC(=O)Cn2nc(C(F)(F)F)nc2N)(N2CCCCC2)CC1. The Morgan fingerprint density at radius 2 is 1.89 bits per heavy atom. The minimum Gasteiger partial charge on any atom is -0.368 e. The zero-order chi connectivity index (χ0) is 20.4. The van der Waals surface area contributed by atoms with Gasteiger partial charge in [0.15, 0.2) is 0 Å². The predicted octanol–water partition coefficient (Wildman–Crippen LogP) is 2.43. The summed E-state index contributed by atoms with van der Waals surface area (Å²) in [6.07, 6.45) is 3.18. The Morgan fingerprint density at radius 3 is 2.46 bits per heavy atom. The van der Waals surface area contributed by atoms with Crippen LogP contribution in [-0.2, 0) is 17.5 Å². The molecule has 1 amide bonds. The summed E-state index contributed by atoms with van der Waals surface area (Å²) in [6, 6.07) is 0. The van der Waals surface area contributed by atoms with Gasteiger partial charge in [0.05, 0.1) is 0 Å². The number of nitrogens with zero attached hydrogens (tertiary/aromatic N) is 4. The van der Waals surface area contributed by atoms with Crippen LogP contribution in [0.1, 0.15) is 57.7 Å². The number of nitrogens with one attached hydrogen (secondary N) is 1. The van der Waals surface area contributed by atoms with Gasteiger partial charge in [-0.05, 0) is 57.5 Å². The molecular weight excluding hydrogens is 373 g/mol. The number of piperidine rings is 1. The minimum absolute atomic E-state index is 0.0619. The van der Waals surface area contributed by atoms with E-state index >= 15 is 0 Å². The second-order valence-corrected chi connectivity index (χ2v) is 8.18. The van der Waals surface area contributed by atoms with Crippen LogP contribution in [0.5, 0.6) is 0 Å². The van der Waals surface area contributed by atoms with Crippen LogP contribution in [0.4, 0.5) is 19.1 Å². The number of nitrogen functional groups attached to an aromatic ring is 1. The molecule has 0 atom stereocenters. The van der Waals surface area contributed by atoms with E-state index < -0.39 is 23.9 Å². The molecule has 28 heavy (non-hydrogen) atoms. The zero-order valence-electron chi connectivity index (χ0n) is 16.3. The number of halogens is 3. The Balaban J connectivity index is 1.63. The Labute approximate surface area is 162 Å². The van der Waals surface area contributed by atoms with Crippen molar-refractivity contribution in [2.45, 2.75) is 70.1 Å². The van der Waals surface area contributed by atoms with Crippen LogP contribution in [0.3, 0.4) is 0 Å². The highest BCUT2D eigenvalue weighted by molar-refractivity contribution is 5.76. The lowest BCUT2D eigenvalue weighted by Crippen LogP contribution is -2.58. The van der Waals surface area contributed by atoms with Gasteiger partial charge in [-0.15, -0.1) is 5.10 Å². The normalized spacial score (nSPS) is 26.9. The molecule has 0 unspecified atom stereocenters. The van der Waals surface area contributed by atoms with Crippen LogP contribution in [0.25, 0.3) is 0 Å². The van der Waals surface area contributed by atoms with Gasteiger partial charge in [-0.1, -0.05) is 13.3 Å². The number of anilines is 1. The van der Waals surface area contributed by atoms with Gasteiger partial charge < -0.3 is 11.1 Å². The van der Waals surface area contributed by atoms with Crippen LogP contribution >= 0.6 is 0 Å². The quantitative estimate of drug-likeness (QED) is 0.790. The molecule has 3 rings (SSSR count). The molecule has 1 aromatic heterocycles. The molecule has 0 spiro atoms. The van der Waals surface area contributed by atoms with E-state index in [1.54, 1.807) is 0 Å². The molecule has 7 nitrogen and oxygen atoms in total. The van der Waals surface area contributed by atoms with Crippen LogP contribution in [0.2, 0.25) is 0 Å². The number of carbonyl (C=O) groups is 1. The Morgan fingerprint density at radius 1 is 1.25 bits per heavy atom. The van der Waals surface area contributed by atoms with Gasteiger partial charge in [0.1, 0.15) is 6.54 Å². The van der Waals surface area contributed by atoms with E-state index in [9.17, 15) is 18.0 Å². The van der Waals surface area contributed by atoms with E-state index in [2.05, 4.69) is 27.2 Å². The summed E-state index contributed by atoms with van der Waals surface area (Å²) in [5, 5.41) is 6.24. The maximum Gasteiger partial charge on any atom is 0.453 e. The smallest absolute Gasteiger partial charge is 0.368 e. The lowest BCUT2D eigenvalue weighted by Gasteiger charge is -2.49. The first-order valence-electron chi connectivity index (χ1n) is 9.99. The highest BCUT2D eigenvalue weighted by Crippen LogP contribution is 2.37. The predicted molar refractivity (Wildman–Crippen MR) is 98.2 cm³/mol. The largest absolute Gasteiger partial charge is 0.453 e. The number of likely N-dealkylation sites (tertiary alicyclic amines) is 1. The molecule has 158 valence electrons. The van der Waals surface area contributed by atoms with Gasteiger partial charge in [-0.2, -0.15) is 18.2 Å². The molecule has 1 aliphatic heterocycles. The third-order valence-electron chi connectivity index (χ3n) is 6.09. The van der Waals surface area contributed by atoms with Crippen molar-refractivity contribution >= 4 is 11.9 Å². The Kier molecular flexibility index (Phi) is 6.16. The Hall–Kier alpha value is -1.84. The number of carbonyl (C=O) groups excluding carboxylic acids is 1. The molecule has 0 bridgehead atoms. The summed E-state index contributed by atoms with van der Waals surface area (Å²) in [6.45, 7) is 4.45. The lowest BCUT2D eigenvalue weighted by molar-refractivity contribution is -0.145. The van der Waals surface area contributed by atoms with Gasteiger partial charge in [0.25, 0.3) is 5.82 Å². The summed E-state index contributed by atoms with van der Waals surface area (Å²) in [4.78, 5) is 18.1. The number of aromatic nitrogens is 3. The molecule has 1 aromatic rings. The second kappa shape index (κ2) is 8.26. The summed E-state index contributed by atoms with van der Waals surface area (Å²) >= 11 is 0. The van der Waals surface area contributed by atoms with Crippen LogP contribution in [0, 0.1) is 5.92 Å². The van der Waals surface area contributed by atoms with Gasteiger partial charge in [-0.25, -0.2) is 4.68 Å². The molecule has 2 fully saturated rings. The van der Waals surface area contributed by atoms with Crippen LogP contribution in [0.15, 0.2) is 0 Å². The fraction of sp³-hybridized carbons (Fsp3) is 0.833. The van der Waals surface area contributed by atoms with Crippen molar-refractivity contribution in [3.63, 3.8) is 0 Å². The molecule has 2 heterocycles. The topological polar surface area (TPSA) is 89.1 Å². The lowest BCUT2D eigenvalue weighted by atomic mass is 9.75. The fourth-order valence-corrected chi connectivity index (χ4v) is 4.32. The van der Waals surface area contributed by atoms with Crippen molar-refractivity contribution in [1.82, 2.24) is 25.0 Å². The highest BCUT2D eigenvalue weighted by atomic mass is 19.4. The maximum atomic E-state index is 12.7. The van der Waals surface area contributed by atoms with Gasteiger partial charge in [0, 0.05) is 12.1 Å². The summed E-state index contributed by atoms with van der Waals surface area (Å²) < 4.78 is 38.9. The third-order valence-corrected chi connectivity index (χ3v) is 6.09. The number of rotatable bonds is 5. The standard InChI is InChI=1S/C18H29F3N6O/c1-13-5-7-17(8-6-13,26-9-3-2-4-10-26)12-23-14(28)11-27-16(22)24-15(25-27)18(19,20)21/h13H,2-12H2,1H3,(H,23,28)(H2,22,24,25). The van der Waals surface area contributed by atoms with Crippen molar-refractivity contribution in [1.29, 1.82) is 0 Å². The first kappa shape index (κ1) is 20.9. The summed E-state index contributed by atoms with van der Waals surface area (Å²) in [7, 11) is 0. The van der Waals surface area contributed by atoms with Crippen LogP contribution < -0.4 is 11.1 Å². The van der Waals surface area contributed by atoms with Gasteiger partial charge in [-0.3, -0.25) is 9.69 Å². The Bertz CT molecular complexity index is 675. The van der Waals surface area contributed by atoms with Crippen molar-refractivity contribution in [2.24, 2.45) is 5.92 Å². The first-order valence-corrected chi connectivity index (χ1v) is 9.99. The van der Waals surface area contributed by atoms with Gasteiger partial charge in [0.2, 0.25) is 11.9 Å². The first-order chi connectivity index (χ1) is 13.2. The van der Waals surface area contributed by atoms with Crippen molar-refractivity contribution in [3.8, 4) is 0 Å². The van der Waals surface area contributed by atoms with Crippen molar-refractivity contribution < 1.29 is 18.0 Å². The molecule has 10 heteroatoms. The monoisotopic (exact) mass is 402 g/mol. The summed E-state index contributed by atoms with van der Waals surface area (Å²) in [5.41, 5.74) is 5.42. The molecule has 0 radical (unpaired) electrons. The molecule has 3 N–H and O–H groups in total. The van der Waals surface area contributed by atoms with E-state index in [0.29, 0.717) is 12.5 Å². The number of hydrogen-bond acceptors (Lipinski definition) is 5. The number of hydrogen-bond donors (Lipinski definition) is 2. The number of amides is 1. The minimum atomic E-state index is -4.69.